The molecule has 0 fully saturated rings. The lowest BCUT2D eigenvalue weighted by atomic mass is 10.1. The molecule has 0 spiro atoms. The largest absolute Gasteiger partial charge is 0.493 e. The van der Waals surface area contributed by atoms with Crippen LogP contribution in [0.25, 0.3) is 22.2 Å². The van der Waals surface area contributed by atoms with Gasteiger partial charge in [-0.15, -0.1) is 10.2 Å². The molecule has 1 amide bonds. The van der Waals surface area contributed by atoms with Crippen molar-refractivity contribution in [2.45, 2.75) is 6.92 Å². The molecule has 0 unspecified atom stereocenters. The number of anilines is 1. The molecule has 0 radical (unpaired) electrons. The molecule has 0 bridgehead atoms. The predicted molar refractivity (Wildman–Crippen MR) is 108 cm³/mol. The smallest absolute Gasteiger partial charge is 0.297 e. The summed E-state index contributed by atoms with van der Waals surface area (Å²) in [6.45, 7) is 1.70. The van der Waals surface area contributed by atoms with Crippen molar-refractivity contribution in [3.05, 3.63) is 71.7 Å². The number of hydrogen-bond acceptors (Lipinski definition) is 5. The van der Waals surface area contributed by atoms with Crippen LogP contribution in [0.1, 0.15) is 16.1 Å². The quantitative estimate of drug-likeness (QED) is 0.342. The van der Waals surface area contributed by atoms with E-state index in [9.17, 15) is 14.3 Å². The van der Waals surface area contributed by atoms with Crippen molar-refractivity contribution in [1.29, 1.82) is 0 Å². The molecule has 7 nitrogen and oxygen atoms in total. The highest BCUT2D eigenvalue weighted by Crippen LogP contribution is 2.36. The highest BCUT2D eigenvalue weighted by molar-refractivity contribution is 5.97. The summed E-state index contributed by atoms with van der Waals surface area (Å²) in [5, 5.41) is 17.8. The molecule has 0 aliphatic rings. The molecular formula is C21H16FN5O2. The van der Waals surface area contributed by atoms with Crippen molar-refractivity contribution in [2.24, 2.45) is 10.2 Å². The van der Waals surface area contributed by atoms with E-state index >= 15 is 0 Å². The Hall–Kier alpha value is -4.07. The molecule has 2 aromatic heterocycles. The second-order valence-electron chi connectivity index (χ2n) is 6.47. The van der Waals surface area contributed by atoms with E-state index in [1.807, 2.05) is 12.1 Å². The first-order valence-corrected chi connectivity index (χ1v) is 8.72. The third-order valence-electron chi connectivity index (χ3n) is 4.48. The Morgan fingerprint density at radius 2 is 1.90 bits per heavy atom. The third kappa shape index (κ3) is 3.55. The van der Waals surface area contributed by atoms with E-state index < -0.39 is 11.7 Å². The number of aromatic nitrogens is 2. The van der Waals surface area contributed by atoms with Crippen molar-refractivity contribution in [3.63, 3.8) is 0 Å². The summed E-state index contributed by atoms with van der Waals surface area (Å²) >= 11 is 0. The standard InChI is InChI=1S/C21H16FN5O2/c1-11-15(7-9-17(24-11)12-2-5-14(23)6-3-12)20(28)27-26-19-16-10-13(22)4-8-18(16)25-21(19)29/h2-10,25,29H,23H2,1H3. The minimum atomic E-state index is -0.621. The highest BCUT2D eigenvalue weighted by atomic mass is 19.1. The molecule has 4 aromatic rings. The zero-order valence-corrected chi connectivity index (χ0v) is 15.3. The third-order valence-corrected chi connectivity index (χ3v) is 4.48. The first-order chi connectivity index (χ1) is 13.9. The molecule has 0 saturated carbocycles. The molecule has 4 N–H and O–H groups in total. The number of azo groups is 1. The number of aromatic amines is 1. The van der Waals surface area contributed by atoms with Crippen molar-refractivity contribution in [2.75, 3.05) is 5.73 Å². The molecule has 4 rings (SSSR count). The van der Waals surface area contributed by atoms with Crippen LogP contribution in [0.4, 0.5) is 15.8 Å². The molecule has 144 valence electrons. The van der Waals surface area contributed by atoms with E-state index in [-0.39, 0.29) is 17.1 Å². The van der Waals surface area contributed by atoms with E-state index in [2.05, 4.69) is 20.2 Å². The number of pyridine rings is 1. The zero-order valence-electron chi connectivity index (χ0n) is 15.3. The first-order valence-electron chi connectivity index (χ1n) is 8.72. The van der Waals surface area contributed by atoms with Gasteiger partial charge in [-0.05, 0) is 49.4 Å². The summed E-state index contributed by atoms with van der Waals surface area (Å²) < 4.78 is 13.5. The number of halogens is 1. The molecule has 8 heteroatoms. The second-order valence-corrected chi connectivity index (χ2v) is 6.47. The molecule has 0 aliphatic heterocycles. The van der Waals surface area contributed by atoms with Gasteiger partial charge in [0.15, 0.2) is 5.69 Å². The van der Waals surface area contributed by atoms with Gasteiger partial charge in [0.1, 0.15) is 5.82 Å². The molecule has 29 heavy (non-hydrogen) atoms. The Morgan fingerprint density at radius 1 is 1.14 bits per heavy atom. The number of benzene rings is 2. The maximum atomic E-state index is 13.5. The molecule has 0 saturated heterocycles. The number of amides is 1. The van der Waals surface area contributed by atoms with Crippen LogP contribution in [0.15, 0.2) is 64.8 Å². The van der Waals surface area contributed by atoms with E-state index in [0.29, 0.717) is 28.0 Å². The van der Waals surface area contributed by atoms with Gasteiger partial charge in [-0.25, -0.2) is 4.39 Å². The van der Waals surface area contributed by atoms with Crippen molar-refractivity contribution >= 4 is 28.2 Å². The average Bonchev–Trinajstić information content (AvgIpc) is 3.01. The predicted octanol–water partition coefficient (Wildman–Crippen LogP) is 4.89. The summed E-state index contributed by atoms with van der Waals surface area (Å²) in [5.41, 5.74) is 9.15. The Balaban J connectivity index is 1.63. The second kappa shape index (κ2) is 7.16. The van der Waals surface area contributed by atoms with Crippen molar-refractivity contribution < 1.29 is 14.3 Å². The Labute approximate surface area is 164 Å². The van der Waals surface area contributed by atoms with E-state index in [0.717, 1.165) is 5.56 Å². The summed E-state index contributed by atoms with van der Waals surface area (Å²) in [6, 6.07) is 14.5. The number of nitrogens with one attached hydrogen (secondary N) is 1. The van der Waals surface area contributed by atoms with Crippen molar-refractivity contribution in [3.8, 4) is 17.1 Å². The van der Waals surface area contributed by atoms with Gasteiger partial charge in [-0.1, -0.05) is 12.1 Å². The van der Waals surface area contributed by atoms with E-state index in [4.69, 9.17) is 5.73 Å². The molecule has 0 atom stereocenters. The Morgan fingerprint density at radius 3 is 2.62 bits per heavy atom. The number of aromatic hydroxyl groups is 1. The number of nitrogens with zero attached hydrogens (tertiary/aromatic N) is 3. The molecular weight excluding hydrogens is 373 g/mol. The lowest BCUT2D eigenvalue weighted by Crippen LogP contribution is -2.00. The van der Waals surface area contributed by atoms with E-state index in [1.54, 1.807) is 31.2 Å². The minimum absolute atomic E-state index is 0.00282. The Kier molecular flexibility index (Phi) is 4.52. The molecule has 0 aliphatic carbocycles. The maximum Gasteiger partial charge on any atom is 0.297 e. The fourth-order valence-corrected chi connectivity index (χ4v) is 2.99. The lowest BCUT2D eigenvalue weighted by Gasteiger charge is -2.05. The van der Waals surface area contributed by atoms with Gasteiger partial charge in [-0.3, -0.25) is 9.78 Å². The maximum absolute atomic E-state index is 13.5. The first kappa shape index (κ1) is 18.3. The monoisotopic (exact) mass is 389 g/mol. The van der Waals surface area contributed by atoms with Gasteiger partial charge in [0.25, 0.3) is 5.91 Å². The minimum Gasteiger partial charge on any atom is -0.493 e. The molecule has 2 aromatic carbocycles. The van der Waals surface area contributed by atoms with Crippen LogP contribution in [0.5, 0.6) is 5.88 Å². The average molecular weight is 389 g/mol. The van der Waals surface area contributed by atoms with Gasteiger partial charge in [0.2, 0.25) is 5.88 Å². The SMILES string of the molecule is Cc1nc(-c2ccc(N)cc2)ccc1C(=O)N=Nc1c(O)[nH]c2ccc(F)cc12. The summed E-state index contributed by atoms with van der Waals surface area (Å²) in [6.07, 6.45) is 0. The van der Waals surface area contributed by atoms with Crippen LogP contribution in [0.3, 0.4) is 0 Å². The summed E-state index contributed by atoms with van der Waals surface area (Å²) in [7, 11) is 0. The van der Waals surface area contributed by atoms with Crippen molar-refractivity contribution in [1.82, 2.24) is 9.97 Å². The van der Waals surface area contributed by atoms with Crippen LogP contribution < -0.4 is 5.73 Å². The normalized spacial score (nSPS) is 11.4. The number of carbonyl (C=O) groups excluding carboxylic acids is 1. The number of nitrogen functional groups attached to an aromatic ring is 1. The zero-order chi connectivity index (χ0) is 20.5. The Bertz CT molecular complexity index is 1260. The van der Waals surface area contributed by atoms with Crippen LogP contribution in [-0.2, 0) is 0 Å². The fraction of sp³-hybridized carbons (Fsp3) is 0.0476. The highest BCUT2D eigenvalue weighted by Gasteiger charge is 2.14. The number of rotatable bonds is 3. The van der Waals surface area contributed by atoms with E-state index in [1.165, 1.54) is 18.2 Å². The number of hydrogen-bond donors (Lipinski definition) is 3. The number of aryl methyl sites for hydroxylation is 1. The lowest BCUT2D eigenvalue weighted by molar-refractivity contribution is 0.0994. The number of fused-ring (bicyclic) bond motifs is 1. The summed E-state index contributed by atoms with van der Waals surface area (Å²) in [4.78, 5) is 19.6. The van der Waals surface area contributed by atoms with Crippen LogP contribution >= 0.6 is 0 Å². The number of H-pyrrole nitrogens is 1. The van der Waals surface area contributed by atoms with Gasteiger partial charge in [0, 0.05) is 16.6 Å². The van der Waals surface area contributed by atoms with Gasteiger partial charge in [-0.2, -0.15) is 0 Å². The number of nitrogens with two attached hydrogens (primary N) is 1. The topological polar surface area (TPSA) is 117 Å². The van der Waals surface area contributed by atoms with Crippen LogP contribution in [0, 0.1) is 12.7 Å². The van der Waals surface area contributed by atoms with Crippen LogP contribution in [0.2, 0.25) is 0 Å². The van der Waals surface area contributed by atoms with Crippen LogP contribution in [-0.4, -0.2) is 21.0 Å². The number of carbonyl (C=O) groups is 1. The van der Waals surface area contributed by atoms with Gasteiger partial charge in [0.05, 0.1) is 22.5 Å². The fourth-order valence-electron chi connectivity index (χ4n) is 2.99. The molecule has 2 heterocycles. The summed E-state index contributed by atoms with van der Waals surface area (Å²) in [5.74, 6) is -1.41. The van der Waals surface area contributed by atoms with Gasteiger partial charge >= 0.3 is 0 Å². The van der Waals surface area contributed by atoms with Gasteiger partial charge < -0.3 is 15.8 Å².